The molecule has 0 aliphatic carbocycles. The highest BCUT2D eigenvalue weighted by Crippen LogP contribution is 2.14. The smallest absolute Gasteiger partial charge is 0.314 e. The molecule has 1 aromatic rings. The van der Waals surface area contributed by atoms with Gasteiger partial charge in [-0.3, -0.25) is 0 Å². The van der Waals surface area contributed by atoms with Gasteiger partial charge in [-0.1, -0.05) is 13.0 Å². The van der Waals surface area contributed by atoms with Crippen LogP contribution in [-0.2, 0) is 0 Å². The predicted octanol–water partition coefficient (Wildman–Crippen LogP) is 1.66. The van der Waals surface area contributed by atoms with Crippen molar-refractivity contribution < 1.29 is 19.0 Å². The number of halogens is 1. The van der Waals surface area contributed by atoms with Gasteiger partial charge in [0.15, 0.2) is 0 Å². The Hall–Kier alpha value is -1.82. The first-order valence-electron chi connectivity index (χ1n) is 6.70. The lowest BCUT2D eigenvalue weighted by Crippen LogP contribution is -2.41. The molecule has 0 aliphatic heterocycles. The normalized spacial score (nSPS) is 11.8. The standard InChI is InChI=1S/C14H21FN2O3/c1-2-12(10-17-14(19)16-7-4-8-18)20-13-6-3-5-11(15)9-13/h3,5-6,9,12,18H,2,4,7-8,10H2,1H3,(H2,16,17,19). The molecule has 0 saturated carbocycles. The van der Waals surface area contributed by atoms with Gasteiger partial charge in [-0.05, 0) is 25.0 Å². The average molecular weight is 284 g/mol. The number of rotatable bonds is 8. The van der Waals surface area contributed by atoms with E-state index in [2.05, 4.69) is 10.6 Å². The van der Waals surface area contributed by atoms with Crippen LogP contribution in [0.25, 0.3) is 0 Å². The van der Waals surface area contributed by atoms with E-state index in [9.17, 15) is 9.18 Å². The van der Waals surface area contributed by atoms with Crippen molar-refractivity contribution in [2.24, 2.45) is 0 Å². The van der Waals surface area contributed by atoms with Crippen LogP contribution in [0.3, 0.4) is 0 Å². The zero-order chi connectivity index (χ0) is 14.8. The molecular weight excluding hydrogens is 263 g/mol. The SMILES string of the molecule is CCC(CNC(=O)NCCCO)Oc1cccc(F)c1. The Morgan fingerprint density at radius 3 is 2.90 bits per heavy atom. The van der Waals surface area contributed by atoms with Crippen molar-refractivity contribution in [2.75, 3.05) is 19.7 Å². The lowest BCUT2D eigenvalue weighted by molar-refractivity contribution is 0.188. The van der Waals surface area contributed by atoms with Crippen molar-refractivity contribution in [1.29, 1.82) is 0 Å². The Balaban J connectivity index is 2.34. The number of ether oxygens (including phenoxy) is 1. The summed E-state index contributed by atoms with van der Waals surface area (Å²) in [6.45, 7) is 2.72. The fourth-order valence-electron chi connectivity index (χ4n) is 1.55. The number of aliphatic hydroxyl groups is 1. The van der Waals surface area contributed by atoms with Crippen molar-refractivity contribution in [2.45, 2.75) is 25.9 Å². The van der Waals surface area contributed by atoms with Crippen molar-refractivity contribution in [3.8, 4) is 5.75 Å². The molecule has 0 radical (unpaired) electrons. The van der Waals surface area contributed by atoms with Crippen molar-refractivity contribution in [3.05, 3.63) is 30.1 Å². The quantitative estimate of drug-likeness (QED) is 0.636. The Kier molecular flexibility index (Phi) is 7.42. The second-order valence-corrected chi connectivity index (χ2v) is 4.32. The maximum absolute atomic E-state index is 13.0. The van der Waals surface area contributed by atoms with Gasteiger partial charge in [0.2, 0.25) is 0 Å². The lowest BCUT2D eigenvalue weighted by Gasteiger charge is -2.18. The molecule has 0 heterocycles. The second-order valence-electron chi connectivity index (χ2n) is 4.32. The second kappa shape index (κ2) is 9.14. The monoisotopic (exact) mass is 284 g/mol. The molecule has 2 amide bonds. The van der Waals surface area contributed by atoms with Crippen LogP contribution >= 0.6 is 0 Å². The number of benzene rings is 1. The fraction of sp³-hybridized carbons (Fsp3) is 0.500. The molecule has 1 unspecified atom stereocenters. The highest BCUT2D eigenvalue weighted by molar-refractivity contribution is 5.73. The van der Waals surface area contributed by atoms with Gasteiger partial charge >= 0.3 is 6.03 Å². The average Bonchev–Trinajstić information content (AvgIpc) is 2.43. The fourth-order valence-corrected chi connectivity index (χ4v) is 1.55. The number of carbonyl (C=O) groups excluding carboxylic acids is 1. The lowest BCUT2D eigenvalue weighted by atomic mass is 10.2. The van der Waals surface area contributed by atoms with E-state index in [0.717, 1.165) is 0 Å². The number of amides is 2. The topological polar surface area (TPSA) is 70.6 Å². The molecule has 0 saturated heterocycles. The number of carbonyl (C=O) groups is 1. The molecule has 0 spiro atoms. The molecule has 0 aliphatic rings. The van der Waals surface area contributed by atoms with Crippen molar-refractivity contribution in [3.63, 3.8) is 0 Å². The van der Waals surface area contributed by atoms with E-state index in [0.29, 0.717) is 31.7 Å². The molecule has 5 nitrogen and oxygen atoms in total. The highest BCUT2D eigenvalue weighted by atomic mass is 19.1. The van der Waals surface area contributed by atoms with Gasteiger partial charge in [0.1, 0.15) is 17.7 Å². The van der Waals surface area contributed by atoms with Crippen LogP contribution < -0.4 is 15.4 Å². The Morgan fingerprint density at radius 2 is 2.25 bits per heavy atom. The summed E-state index contributed by atoms with van der Waals surface area (Å²) in [4.78, 5) is 11.4. The molecule has 0 fully saturated rings. The first kappa shape index (κ1) is 16.2. The summed E-state index contributed by atoms with van der Waals surface area (Å²) in [5.41, 5.74) is 0. The number of nitrogens with one attached hydrogen (secondary N) is 2. The van der Waals surface area contributed by atoms with E-state index < -0.39 is 0 Å². The number of hydrogen-bond acceptors (Lipinski definition) is 3. The third kappa shape index (κ3) is 6.38. The van der Waals surface area contributed by atoms with Crippen LogP contribution in [0.2, 0.25) is 0 Å². The molecule has 1 atom stereocenters. The van der Waals surface area contributed by atoms with Crippen LogP contribution in [0.15, 0.2) is 24.3 Å². The largest absolute Gasteiger partial charge is 0.489 e. The van der Waals surface area contributed by atoms with Crippen LogP contribution in [-0.4, -0.2) is 36.9 Å². The number of urea groups is 1. The molecule has 1 aromatic carbocycles. The summed E-state index contributed by atoms with van der Waals surface area (Å²) >= 11 is 0. The molecule has 0 aromatic heterocycles. The number of hydrogen-bond donors (Lipinski definition) is 3. The van der Waals surface area contributed by atoms with Gasteiger partial charge in [-0.25, -0.2) is 9.18 Å². The maximum atomic E-state index is 13.0. The molecule has 1 rings (SSSR count). The van der Waals surface area contributed by atoms with Gasteiger partial charge in [-0.15, -0.1) is 0 Å². The Bertz CT molecular complexity index is 415. The molecule has 0 bridgehead atoms. The summed E-state index contributed by atoms with van der Waals surface area (Å²) in [6.07, 6.45) is 0.984. The summed E-state index contributed by atoms with van der Waals surface area (Å²) in [5.74, 6) is 0.0893. The Morgan fingerprint density at radius 1 is 1.45 bits per heavy atom. The minimum absolute atomic E-state index is 0.0422. The van der Waals surface area contributed by atoms with Gasteiger partial charge < -0.3 is 20.5 Å². The van der Waals surface area contributed by atoms with E-state index >= 15 is 0 Å². The molecule has 112 valence electrons. The van der Waals surface area contributed by atoms with E-state index in [-0.39, 0.29) is 24.6 Å². The minimum atomic E-state index is -0.355. The Labute approximate surface area is 118 Å². The van der Waals surface area contributed by atoms with Crippen molar-refractivity contribution in [1.82, 2.24) is 10.6 Å². The summed E-state index contributed by atoms with van der Waals surface area (Å²) in [5, 5.41) is 13.9. The van der Waals surface area contributed by atoms with E-state index in [1.807, 2.05) is 6.92 Å². The summed E-state index contributed by atoms with van der Waals surface area (Å²) < 4.78 is 18.6. The van der Waals surface area contributed by atoms with Crippen LogP contribution in [0.4, 0.5) is 9.18 Å². The van der Waals surface area contributed by atoms with Crippen LogP contribution in [0.1, 0.15) is 19.8 Å². The van der Waals surface area contributed by atoms with E-state index in [1.165, 1.54) is 12.1 Å². The molecule has 3 N–H and O–H groups in total. The first-order chi connectivity index (χ1) is 9.65. The number of aliphatic hydroxyl groups excluding tert-OH is 1. The van der Waals surface area contributed by atoms with E-state index in [4.69, 9.17) is 9.84 Å². The molecule has 6 heteroatoms. The maximum Gasteiger partial charge on any atom is 0.314 e. The zero-order valence-corrected chi connectivity index (χ0v) is 11.6. The third-order valence-corrected chi connectivity index (χ3v) is 2.66. The molecular formula is C14H21FN2O3. The van der Waals surface area contributed by atoms with Crippen LogP contribution in [0.5, 0.6) is 5.75 Å². The van der Waals surface area contributed by atoms with Gasteiger partial charge in [0.05, 0.1) is 6.54 Å². The van der Waals surface area contributed by atoms with E-state index in [1.54, 1.807) is 12.1 Å². The third-order valence-electron chi connectivity index (χ3n) is 2.66. The minimum Gasteiger partial charge on any atom is -0.489 e. The summed E-state index contributed by atoms with van der Waals surface area (Å²) in [6, 6.07) is 5.60. The zero-order valence-electron chi connectivity index (χ0n) is 11.6. The van der Waals surface area contributed by atoms with Gasteiger partial charge in [0, 0.05) is 19.2 Å². The van der Waals surface area contributed by atoms with Gasteiger partial charge in [0.25, 0.3) is 0 Å². The first-order valence-corrected chi connectivity index (χ1v) is 6.70. The molecule has 20 heavy (non-hydrogen) atoms. The highest BCUT2D eigenvalue weighted by Gasteiger charge is 2.10. The predicted molar refractivity (Wildman–Crippen MR) is 74.2 cm³/mol. The summed E-state index contributed by atoms with van der Waals surface area (Å²) in [7, 11) is 0. The van der Waals surface area contributed by atoms with Gasteiger partial charge in [-0.2, -0.15) is 0 Å². The van der Waals surface area contributed by atoms with Crippen LogP contribution in [0, 0.1) is 5.82 Å². The van der Waals surface area contributed by atoms with Crippen molar-refractivity contribution >= 4 is 6.03 Å².